The zero-order valence-corrected chi connectivity index (χ0v) is 19.4. The van der Waals surface area contributed by atoms with E-state index >= 15 is 0 Å². The van der Waals surface area contributed by atoms with Crippen molar-refractivity contribution in [3.05, 3.63) is 51.3 Å². The van der Waals surface area contributed by atoms with E-state index in [1.165, 1.54) is 0 Å². The smallest absolute Gasteiger partial charge is 0.162 e. The Morgan fingerprint density at radius 2 is 1.43 bits per heavy atom. The van der Waals surface area contributed by atoms with Gasteiger partial charge < -0.3 is 9.64 Å². The monoisotopic (exact) mass is 427 g/mol. The fourth-order valence-corrected chi connectivity index (χ4v) is 5.59. The number of ketones is 2. The molecule has 1 heterocycles. The number of nitrogens with zero attached hydrogens (tertiary/aromatic N) is 1. The van der Waals surface area contributed by atoms with E-state index in [9.17, 15) is 9.59 Å². The normalized spacial score (nSPS) is 23.5. The zero-order valence-electron chi connectivity index (χ0n) is 18.7. The van der Waals surface area contributed by atoms with Gasteiger partial charge in [0.1, 0.15) is 5.75 Å². The summed E-state index contributed by atoms with van der Waals surface area (Å²) < 4.78 is 5.65. The Hall–Kier alpha value is -2.07. The van der Waals surface area contributed by atoms with Crippen LogP contribution in [0.2, 0.25) is 5.02 Å². The standard InChI is InChI=1S/C25H30ClNO3/c1-24(2)10-16-22(18(28)12-24)21(15-9-14(26)7-8-20(15)30-6)23-17(27(16)5)11-25(3,4)13-19(23)29/h7-9,21H,10-13H2,1-6H3. The van der Waals surface area contributed by atoms with Gasteiger partial charge in [-0.05, 0) is 41.9 Å². The summed E-state index contributed by atoms with van der Waals surface area (Å²) >= 11 is 6.37. The van der Waals surface area contributed by atoms with Gasteiger partial charge in [-0.3, -0.25) is 9.59 Å². The highest BCUT2D eigenvalue weighted by Gasteiger charge is 2.48. The van der Waals surface area contributed by atoms with E-state index in [-0.39, 0.29) is 22.4 Å². The number of carbonyl (C=O) groups excluding carboxylic acids is 2. The van der Waals surface area contributed by atoms with Crippen LogP contribution in [0.3, 0.4) is 0 Å². The van der Waals surface area contributed by atoms with Gasteiger partial charge in [-0.15, -0.1) is 0 Å². The maximum atomic E-state index is 13.5. The molecule has 0 bridgehead atoms. The van der Waals surface area contributed by atoms with E-state index in [0.29, 0.717) is 23.6 Å². The summed E-state index contributed by atoms with van der Waals surface area (Å²) in [6, 6.07) is 5.46. The number of carbonyl (C=O) groups is 2. The van der Waals surface area contributed by atoms with E-state index in [4.69, 9.17) is 16.3 Å². The molecule has 0 atom stereocenters. The SMILES string of the molecule is COc1ccc(Cl)cc1C1C2=C(CC(C)(C)CC2=O)N(C)C2=C1C(=O)CC(C)(C)C2. The van der Waals surface area contributed by atoms with Crippen molar-refractivity contribution in [3.63, 3.8) is 0 Å². The van der Waals surface area contributed by atoms with Crippen LogP contribution in [-0.4, -0.2) is 30.6 Å². The third-order valence-corrected chi connectivity index (χ3v) is 6.92. The molecule has 0 N–H and O–H groups in total. The molecule has 0 unspecified atom stereocenters. The van der Waals surface area contributed by atoms with E-state index in [0.717, 1.165) is 40.9 Å². The van der Waals surface area contributed by atoms with Crippen LogP contribution >= 0.6 is 11.6 Å². The third-order valence-electron chi connectivity index (χ3n) is 6.68. The number of methoxy groups -OCH3 is 1. The molecule has 0 radical (unpaired) electrons. The van der Waals surface area contributed by atoms with Crippen molar-refractivity contribution in [2.45, 2.75) is 59.3 Å². The molecule has 0 saturated heterocycles. The van der Waals surface area contributed by atoms with Crippen molar-refractivity contribution in [2.24, 2.45) is 10.8 Å². The van der Waals surface area contributed by atoms with Gasteiger partial charge in [0, 0.05) is 58.9 Å². The lowest BCUT2D eigenvalue weighted by atomic mass is 9.63. The molecule has 1 aliphatic heterocycles. The van der Waals surface area contributed by atoms with Crippen molar-refractivity contribution >= 4 is 23.2 Å². The first kappa shape index (κ1) is 21.2. The summed E-state index contributed by atoms with van der Waals surface area (Å²) in [7, 11) is 3.63. The molecule has 0 saturated carbocycles. The first-order valence-corrected chi connectivity index (χ1v) is 10.9. The summed E-state index contributed by atoms with van der Waals surface area (Å²) in [4.78, 5) is 29.1. The van der Waals surface area contributed by atoms with Crippen molar-refractivity contribution < 1.29 is 14.3 Å². The molecule has 2 aliphatic carbocycles. The van der Waals surface area contributed by atoms with Crippen LogP contribution in [-0.2, 0) is 9.59 Å². The summed E-state index contributed by atoms with van der Waals surface area (Å²) in [5.41, 5.74) is 4.13. The van der Waals surface area contributed by atoms with Crippen molar-refractivity contribution in [1.82, 2.24) is 4.90 Å². The van der Waals surface area contributed by atoms with Gasteiger partial charge in [0.2, 0.25) is 0 Å². The van der Waals surface area contributed by atoms with Crippen LogP contribution < -0.4 is 4.74 Å². The molecule has 0 fully saturated rings. The minimum atomic E-state index is -0.424. The molecule has 5 heteroatoms. The molecule has 1 aromatic carbocycles. The molecule has 160 valence electrons. The topological polar surface area (TPSA) is 46.6 Å². The fraction of sp³-hybridized carbons (Fsp3) is 0.520. The Kier molecular flexibility index (Phi) is 4.93. The van der Waals surface area contributed by atoms with E-state index in [1.54, 1.807) is 13.2 Å². The lowest BCUT2D eigenvalue weighted by molar-refractivity contribution is -0.119. The molecule has 3 aliphatic rings. The number of halogens is 1. The van der Waals surface area contributed by atoms with Gasteiger partial charge in [-0.2, -0.15) is 0 Å². The van der Waals surface area contributed by atoms with Crippen LogP contribution in [0, 0.1) is 10.8 Å². The van der Waals surface area contributed by atoms with Crippen LogP contribution in [0.25, 0.3) is 0 Å². The quantitative estimate of drug-likeness (QED) is 0.610. The second-order valence-corrected chi connectivity index (χ2v) is 10.9. The Morgan fingerprint density at radius 3 is 1.90 bits per heavy atom. The number of benzene rings is 1. The van der Waals surface area contributed by atoms with Gasteiger partial charge >= 0.3 is 0 Å². The number of ether oxygens (including phenoxy) is 1. The Bertz CT molecular complexity index is 961. The molecule has 0 spiro atoms. The Balaban J connectivity index is 2.02. The van der Waals surface area contributed by atoms with E-state index < -0.39 is 5.92 Å². The van der Waals surface area contributed by atoms with Gasteiger partial charge in [0.25, 0.3) is 0 Å². The molecule has 30 heavy (non-hydrogen) atoms. The largest absolute Gasteiger partial charge is 0.496 e. The molecule has 4 nitrogen and oxygen atoms in total. The average molecular weight is 428 g/mol. The molecular weight excluding hydrogens is 398 g/mol. The molecule has 0 amide bonds. The van der Waals surface area contributed by atoms with Crippen molar-refractivity contribution in [3.8, 4) is 5.75 Å². The Labute approximate surface area is 183 Å². The zero-order chi connectivity index (χ0) is 22.0. The maximum Gasteiger partial charge on any atom is 0.162 e. The highest BCUT2D eigenvalue weighted by atomic mass is 35.5. The van der Waals surface area contributed by atoms with Gasteiger partial charge in [0.15, 0.2) is 11.6 Å². The lowest BCUT2D eigenvalue weighted by Gasteiger charge is -2.48. The maximum absolute atomic E-state index is 13.5. The van der Waals surface area contributed by atoms with Crippen LogP contribution in [0.1, 0.15) is 64.9 Å². The van der Waals surface area contributed by atoms with Crippen LogP contribution in [0.5, 0.6) is 5.75 Å². The molecular formula is C25H30ClNO3. The first-order valence-electron chi connectivity index (χ1n) is 10.5. The molecule has 0 aromatic heterocycles. The first-order chi connectivity index (χ1) is 13.9. The number of allylic oxidation sites excluding steroid dienone is 4. The third kappa shape index (κ3) is 3.39. The van der Waals surface area contributed by atoms with Crippen molar-refractivity contribution in [2.75, 3.05) is 14.2 Å². The van der Waals surface area contributed by atoms with Gasteiger partial charge in [0.05, 0.1) is 7.11 Å². The van der Waals surface area contributed by atoms with E-state index in [2.05, 4.69) is 32.6 Å². The number of hydrogen-bond acceptors (Lipinski definition) is 4. The minimum absolute atomic E-state index is 0.112. The van der Waals surface area contributed by atoms with Gasteiger partial charge in [-0.25, -0.2) is 0 Å². The summed E-state index contributed by atoms with van der Waals surface area (Å²) in [6.45, 7) is 8.55. The predicted octanol–water partition coefficient (Wildman–Crippen LogP) is 5.66. The Morgan fingerprint density at radius 1 is 0.933 bits per heavy atom. The van der Waals surface area contributed by atoms with E-state index in [1.807, 2.05) is 19.2 Å². The van der Waals surface area contributed by atoms with Gasteiger partial charge in [-0.1, -0.05) is 39.3 Å². The van der Waals surface area contributed by atoms with Crippen molar-refractivity contribution in [1.29, 1.82) is 0 Å². The average Bonchev–Trinajstić information content (AvgIpc) is 2.62. The predicted molar refractivity (Wildman–Crippen MR) is 119 cm³/mol. The van der Waals surface area contributed by atoms with Crippen LogP contribution in [0.15, 0.2) is 40.7 Å². The summed E-state index contributed by atoms with van der Waals surface area (Å²) in [5, 5.41) is 0.571. The summed E-state index contributed by atoms with van der Waals surface area (Å²) in [6.07, 6.45) is 2.55. The minimum Gasteiger partial charge on any atom is -0.496 e. The lowest BCUT2D eigenvalue weighted by Crippen LogP contribution is -2.43. The number of rotatable bonds is 2. The highest BCUT2D eigenvalue weighted by Crippen LogP contribution is 2.55. The highest BCUT2D eigenvalue weighted by molar-refractivity contribution is 6.30. The second kappa shape index (κ2) is 6.98. The number of hydrogen-bond donors (Lipinski definition) is 0. The molecule has 1 aromatic rings. The van der Waals surface area contributed by atoms with Crippen LogP contribution in [0.4, 0.5) is 0 Å². The molecule has 4 rings (SSSR count). The number of Topliss-reactive ketones (excluding diaryl/α,β-unsaturated/α-hetero) is 2. The fourth-order valence-electron chi connectivity index (χ4n) is 5.41. The summed E-state index contributed by atoms with van der Waals surface area (Å²) in [5.74, 6) is 0.462. The second-order valence-electron chi connectivity index (χ2n) is 10.5.